The van der Waals surface area contributed by atoms with Gasteiger partial charge in [-0.05, 0) is 44.9 Å². The predicted molar refractivity (Wildman–Crippen MR) is 64.8 cm³/mol. The van der Waals surface area contributed by atoms with Crippen LogP contribution in [-0.4, -0.2) is 18.0 Å². The molecule has 0 aromatic rings. The molecule has 0 spiro atoms. The first-order chi connectivity index (χ1) is 8.20. The predicted octanol–water partition coefficient (Wildman–Crippen LogP) is 1.31. The molecule has 2 saturated carbocycles. The Labute approximate surface area is 103 Å². The van der Waals surface area contributed by atoms with Crippen molar-refractivity contribution in [3.05, 3.63) is 0 Å². The fourth-order valence-corrected chi connectivity index (χ4v) is 2.97. The van der Waals surface area contributed by atoms with Crippen LogP contribution in [0.3, 0.4) is 0 Å². The van der Waals surface area contributed by atoms with Crippen LogP contribution in [0.5, 0.6) is 0 Å². The van der Waals surface area contributed by atoms with Gasteiger partial charge in [-0.1, -0.05) is 0 Å². The third kappa shape index (κ3) is 2.98. The Hall–Kier alpha value is -1.08. The molecular formula is C13H21N3O. The average molecular weight is 235 g/mol. The molecule has 2 aliphatic carbocycles. The molecule has 0 aliphatic heterocycles. The smallest absolute Gasteiger partial charge is 0.223 e. The Morgan fingerprint density at radius 2 is 1.88 bits per heavy atom. The summed E-state index contributed by atoms with van der Waals surface area (Å²) in [4.78, 5) is 12.1. The van der Waals surface area contributed by atoms with Crippen LogP contribution in [0.1, 0.15) is 44.9 Å². The van der Waals surface area contributed by atoms with Crippen LogP contribution >= 0.6 is 0 Å². The van der Waals surface area contributed by atoms with Crippen molar-refractivity contribution in [1.82, 2.24) is 5.32 Å². The lowest BCUT2D eigenvalue weighted by molar-refractivity contribution is -0.126. The summed E-state index contributed by atoms with van der Waals surface area (Å²) in [6.07, 6.45) is 6.63. The van der Waals surface area contributed by atoms with E-state index < -0.39 is 0 Å². The molecule has 17 heavy (non-hydrogen) atoms. The fourth-order valence-electron chi connectivity index (χ4n) is 2.97. The number of carbonyl (C=O) groups is 1. The first-order valence-electron chi connectivity index (χ1n) is 6.66. The van der Waals surface area contributed by atoms with E-state index in [0.29, 0.717) is 0 Å². The Bertz CT molecular complexity index is 315. The summed E-state index contributed by atoms with van der Waals surface area (Å²) >= 11 is 0. The Balaban J connectivity index is 1.83. The normalized spacial score (nSPS) is 37.4. The molecular weight excluding hydrogens is 214 g/mol. The maximum Gasteiger partial charge on any atom is 0.223 e. The molecule has 2 rings (SSSR count). The summed E-state index contributed by atoms with van der Waals surface area (Å²) in [5, 5.41) is 12.0. The topological polar surface area (TPSA) is 78.9 Å². The Morgan fingerprint density at radius 3 is 2.53 bits per heavy atom. The maximum absolute atomic E-state index is 12.1. The van der Waals surface area contributed by atoms with E-state index >= 15 is 0 Å². The first kappa shape index (κ1) is 12.4. The van der Waals surface area contributed by atoms with E-state index in [4.69, 9.17) is 11.0 Å². The van der Waals surface area contributed by atoms with E-state index in [2.05, 4.69) is 11.4 Å². The lowest BCUT2D eigenvalue weighted by Crippen LogP contribution is -2.42. The van der Waals surface area contributed by atoms with Crippen LogP contribution in [-0.2, 0) is 4.79 Å². The molecule has 4 nitrogen and oxygen atoms in total. The van der Waals surface area contributed by atoms with Gasteiger partial charge in [0.2, 0.25) is 5.91 Å². The number of nitrogens with zero attached hydrogens (tertiary/aromatic N) is 1. The molecule has 0 aromatic carbocycles. The number of rotatable bonds is 2. The summed E-state index contributed by atoms with van der Waals surface area (Å²) in [7, 11) is 0. The number of nitrogens with one attached hydrogen (secondary N) is 1. The Kier molecular flexibility index (Phi) is 4.01. The molecule has 0 bridgehead atoms. The molecule has 2 aliphatic rings. The highest BCUT2D eigenvalue weighted by Gasteiger charge is 2.31. The van der Waals surface area contributed by atoms with E-state index in [0.717, 1.165) is 44.9 Å². The van der Waals surface area contributed by atoms with Gasteiger partial charge >= 0.3 is 0 Å². The van der Waals surface area contributed by atoms with Gasteiger partial charge < -0.3 is 11.1 Å². The molecule has 2 atom stereocenters. The van der Waals surface area contributed by atoms with E-state index in [1.54, 1.807) is 0 Å². The molecule has 94 valence electrons. The highest BCUT2D eigenvalue weighted by Crippen LogP contribution is 2.27. The van der Waals surface area contributed by atoms with E-state index in [-0.39, 0.29) is 29.8 Å². The van der Waals surface area contributed by atoms with Gasteiger partial charge in [0.1, 0.15) is 0 Å². The second-order valence-electron chi connectivity index (χ2n) is 5.39. The fraction of sp³-hybridized carbons (Fsp3) is 0.846. The highest BCUT2D eigenvalue weighted by atomic mass is 16.1. The van der Waals surface area contributed by atoms with Gasteiger partial charge in [-0.3, -0.25) is 4.79 Å². The van der Waals surface area contributed by atoms with E-state index in [9.17, 15) is 4.79 Å². The number of hydrogen-bond donors (Lipinski definition) is 2. The van der Waals surface area contributed by atoms with Gasteiger partial charge in [-0.25, -0.2) is 0 Å². The third-order valence-corrected chi connectivity index (χ3v) is 4.15. The largest absolute Gasteiger partial charge is 0.352 e. The first-order valence-corrected chi connectivity index (χ1v) is 6.66. The zero-order chi connectivity index (χ0) is 12.3. The van der Waals surface area contributed by atoms with Gasteiger partial charge in [-0.15, -0.1) is 0 Å². The zero-order valence-electron chi connectivity index (χ0n) is 10.2. The number of carbonyl (C=O) groups excluding carboxylic acids is 1. The van der Waals surface area contributed by atoms with Crippen LogP contribution in [0.4, 0.5) is 0 Å². The monoisotopic (exact) mass is 235 g/mol. The van der Waals surface area contributed by atoms with Crippen LogP contribution in [0, 0.1) is 23.2 Å². The number of nitriles is 1. The van der Waals surface area contributed by atoms with Crippen molar-refractivity contribution in [2.45, 2.75) is 57.0 Å². The maximum atomic E-state index is 12.1. The molecule has 3 N–H and O–H groups in total. The molecule has 0 aromatic heterocycles. The van der Waals surface area contributed by atoms with Crippen molar-refractivity contribution in [2.24, 2.45) is 17.6 Å². The summed E-state index contributed by atoms with van der Waals surface area (Å²) in [6.45, 7) is 0. The minimum Gasteiger partial charge on any atom is -0.352 e. The minimum absolute atomic E-state index is 0.0183. The highest BCUT2D eigenvalue weighted by molar-refractivity contribution is 5.79. The zero-order valence-corrected chi connectivity index (χ0v) is 10.2. The number of hydrogen-bond acceptors (Lipinski definition) is 3. The molecule has 4 heteroatoms. The summed E-state index contributed by atoms with van der Waals surface area (Å²) < 4.78 is 0. The van der Waals surface area contributed by atoms with Crippen molar-refractivity contribution >= 4 is 5.91 Å². The minimum atomic E-state index is 0.0183. The molecule has 2 fully saturated rings. The van der Waals surface area contributed by atoms with Crippen molar-refractivity contribution < 1.29 is 4.79 Å². The van der Waals surface area contributed by atoms with Crippen LogP contribution in [0.15, 0.2) is 0 Å². The molecule has 0 saturated heterocycles. The van der Waals surface area contributed by atoms with Gasteiger partial charge in [0.05, 0.1) is 12.0 Å². The molecule has 0 radical (unpaired) electrons. The van der Waals surface area contributed by atoms with Crippen molar-refractivity contribution in [3.8, 4) is 6.07 Å². The molecule has 2 unspecified atom stereocenters. The number of nitrogens with two attached hydrogens (primary N) is 1. The summed E-state index contributed by atoms with van der Waals surface area (Å²) in [5.74, 6) is 0.281. The summed E-state index contributed by atoms with van der Waals surface area (Å²) in [5.41, 5.74) is 5.83. The lowest BCUT2D eigenvalue weighted by atomic mass is 9.85. The van der Waals surface area contributed by atoms with Gasteiger partial charge in [0.25, 0.3) is 0 Å². The van der Waals surface area contributed by atoms with Crippen LogP contribution < -0.4 is 11.1 Å². The quantitative estimate of drug-likeness (QED) is 0.757. The molecule has 0 heterocycles. The second-order valence-corrected chi connectivity index (χ2v) is 5.39. The lowest BCUT2D eigenvalue weighted by Gasteiger charge is -2.27. The van der Waals surface area contributed by atoms with Crippen molar-refractivity contribution in [3.63, 3.8) is 0 Å². The third-order valence-electron chi connectivity index (χ3n) is 4.15. The summed E-state index contributed by atoms with van der Waals surface area (Å²) in [6, 6.07) is 2.66. The van der Waals surface area contributed by atoms with E-state index in [1.165, 1.54) is 0 Å². The second kappa shape index (κ2) is 5.50. The SMILES string of the molecule is N#CC1CCCC1NC(=O)C1CCC(N)CC1. The number of amides is 1. The molecule has 1 amide bonds. The van der Waals surface area contributed by atoms with Crippen molar-refractivity contribution in [2.75, 3.05) is 0 Å². The van der Waals surface area contributed by atoms with Gasteiger partial charge in [0.15, 0.2) is 0 Å². The van der Waals surface area contributed by atoms with Crippen LogP contribution in [0.2, 0.25) is 0 Å². The van der Waals surface area contributed by atoms with Crippen molar-refractivity contribution in [1.29, 1.82) is 5.26 Å². The average Bonchev–Trinajstić information content (AvgIpc) is 2.77. The Morgan fingerprint density at radius 1 is 1.18 bits per heavy atom. The standard InChI is InChI=1S/C13H21N3O/c14-8-10-2-1-3-12(10)16-13(17)9-4-6-11(15)7-5-9/h9-12H,1-7,15H2,(H,16,17). The van der Waals surface area contributed by atoms with Gasteiger partial charge in [-0.2, -0.15) is 5.26 Å². The van der Waals surface area contributed by atoms with E-state index in [1.807, 2.05) is 0 Å². The van der Waals surface area contributed by atoms with Crippen LogP contribution in [0.25, 0.3) is 0 Å². The van der Waals surface area contributed by atoms with Gasteiger partial charge in [0, 0.05) is 18.0 Å².